The highest BCUT2D eigenvalue weighted by Crippen LogP contribution is 2.42. The molecule has 0 bridgehead atoms. The molecule has 2 aromatic carbocycles. The minimum absolute atomic E-state index is 0.0112. The van der Waals surface area contributed by atoms with Crippen molar-refractivity contribution in [3.05, 3.63) is 70.2 Å². The van der Waals surface area contributed by atoms with E-state index in [0.29, 0.717) is 29.0 Å². The Balaban J connectivity index is 1.48. The number of carbonyl (C=O) groups excluding carboxylic acids is 1. The number of ether oxygens (including phenoxy) is 3. The van der Waals surface area contributed by atoms with Crippen molar-refractivity contribution in [1.29, 1.82) is 0 Å². The molecule has 34 heavy (non-hydrogen) atoms. The van der Waals surface area contributed by atoms with Crippen molar-refractivity contribution in [3.8, 4) is 17.2 Å². The minimum atomic E-state index is -0.985. The van der Waals surface area contributed by atoms with Crippen LogP contribution in [0.25, 0.3) is 17.7 Å². The molecule has 7 nitrogen and oxygen atoms in total. The number of cyclic esters (lactones) is 1. The number of esters is 1. The fourth-order valence-electron chi connectivity index (χ4n) is 4.27. The number of hydrogen-bond acceptors (Lipinski definition) is 7. The molecule has 0 aromatic heterocycles. The Morgan fingerprint density at radius 2 is 1.88 bits per heavy atom. The van der Waals surface area contributed by atoms with E-state index >= 15 is 0 Å². The Hall–Kier alpha value is -3.71. The van der Waals surface area contributed by atoms with Crippen LogP contribution >= 0.6 is 0 Å². The number of carbonyl (C=O) groups is 1. The number of aliphatic hydroxyl groups excluding tert-OH is 1. The van der Waals surface area contributed by atoms with Crippen LogP contribution in [0.4, 0.5) is 0 Å². The number of rotatable bonds is 3. The number of phenolic OH excluding ortho intramolecular Hbond substituents is 1. The predicted octanol–water partition coefficient (Wildman–Crippen LogP) is 4.52. The summed E-state index contributed by atoms with van der Waals surface area (Å²) in [6, 6.07) is 8.46. The van der Waals surface area contributed by atoms with Crippen LogP contribution in [0.1, 0.15) is 49.9 Å². The maximum absolute atomic E-state index is 12.7. The second kappa shape index (κ2) is 7.40. The summed E-state index contributed by atoms with van der Waals surface area (Å²) >= 11 is 0. The van der Waals surface area contributed by atoms with Gasteiger partial charge in [-0.15, -0.1) is 0 Å². The van der Waals surface area contributed by atoms with Gasteiger partial charge < -0.3 is 29.5 Å². The van der Waals surface area contributed by atoms with Gasteiger partial charge in [0.15, 0.2) is 11.5 Å². The normalized spacial score (nSPS) is 21.7. The maximum atomic E-state index is 12.7. The van der Waals surface area contributed by atoms with E-state index in [1.165, 1.54) is 6.07 Å². The van der Waals surface area contributed by atoms with E-state index < -0.39 is 17.2 Å². The van der Waals surface area contributed by atoms with Gasteiger partial charge in [0, 0.05) is 23.6 Å². The van der Waals surface area contributed by atoms with Gasteiger partial charge in [0.2, 0.25) is 0 Å². The molecule has 0 saturated heterocycles. The molecule has 176 valence electrons. The lowest BCUT2D eigenvalue weighted by molar-refractivity contribution is -0.131. The van der Waals surface area contributed by atoms with Crippen molar-refractivity contribution in [2.24, 2.45) is 0 Å². The van der Waals surface area contributed by atoms with Crippen LogP contribution < -0.4 is 9.47 Å². The number of benzene rings is 2. The van der Waals surface area contributed by atoms with Crippen LogP contribution in [0.3, 0.4) is 0 Å². The van der Waals surface area contributed by atoms with Crippen LogP contribution in [-0.2, 0) is 16.0 Å². The molecule has 3 N–H and O–H groups in total. The van der Waals surface area contributed by atoms with Gasteiger partial charge in [-0.05, 0) is 69.2 Å². The van der Waals surface area contributed by atoms with E-state index in [9.17, 15) is 20.1 Å². The number of aliphatic hydroxyl groups is 2. The summed E-state index contributed by atoms with van der Waals surface area (Å²) in [5.74, 6) is -0.143. The van der Waals surface area contributed by atoms with Crippen molar-refractivity contribution >= 4 is 23.7 Å². The molecule has 2 aromatic rings. The van der Waals surface area contributed by atoms with E-state index in [4.69, 9.17) is 14.2 Å². The summed E-state index contributed by atoms with van der Waals surface area (Å²) in [6.07, 6.45) is 5.47. The largest absolute Gasteiger partial charge is 0.507 e. The third kappa shape index (κ3) is 3.82. The first-order chi connectivity index (χ1) is 15.9. The van der Waals surface area contributed by atoms with Gasteiger partial charge in [-0.3, -0.25) is 0 Å². The number of fused-ring (bicyclic) bond motifs is 2. The Morgan fingerprint density at radius 1 is 1.12 bits per heavy atom. The summed E-state index contributed by atoms with van der Waals surface area (Å²) in [6.45, 7) is 7.20. The molecule has 1 atom stereocenters. The fraction of sp³-hybridized carbons (Fsp3) is 0.296. The van der Waals surface area contributed by atoms with Crippen molar-refractivity contribution in [2.45, 2.75) is 51.4 Å². The lowest BCUT2D eigenvalue weighted by Gasteiger charge is -2.28. The zero-order valence-corrected chi connectivity index (χ0v) is 19.4. The van der Waals surface area contributed by atoms with Gasteiger partial charge >= 0.3 is 5.97 Å². The first-order valence-electron chi connectivity index (χ1n) is 11.1. The van der Waals surface area contributed by atoms with Crippen LogP contribution in [0.15, 0.2) is 47.9 Å². The molecule has 1 unspecified atom stereocenters. The average Bonchev–Trinajstić information content (AvgIpc) is 3.28. The molecular weight excluding hydrogens is 436 g/mol. The summed E-state index contributed by atoms with van der Waals surface area (Å²) in [7, 11) is 0. The number of phenols is 1. The number of hydrogen-bond donors (Lipinski definition) is 3. The van der Waals surface area contributed by atoms with Crippen molar-refractivity contribution in [1.82, 2.24) is 0 Å². The average molecular weight is 462 g/mol. The molecule has 0 spiro atoms. The van der Waals surface area contributed by atoms with Gasteiger partial charge in [-0.25, -0.2) is 4.79 Å². The van der Waals surface area contributed by atoms with Gasteiger partial charge in [0.25, 0.3) is 0 Å². The monoisotopic (exact) mass is 462 g/mol. The van der Waals surface area contributed by atoms with Gasteiger partial charge in [-0.2, -0.15) is 0 Å². The number of aromatic hydroxyl groups is 1. The molecule has 7 heteroatoms. The zero-order valence-electron chi connectivity index (χ0n) is 19.4. The second-order valence-corrected chi connectivity index (χ2v) is 9.90. The van der Waals surface area contributed by atoms with Crippen molar-refractivity contribution < 1.29 is 34.3 Å². The summed E-state index contributed by atoms with van der Waals surface area (Å²) in [5.41, 5.74) is 0.834. The van der Waals surface area contributed by atoms with Crippen molar-refractivity contribution in [2.75, 3.05) is 0 Å². The SMILES string of the molecule is CC1(C)C=Cc2cc(C3=C(O)/C(=C/c4ccc5c(c4)CC(C(C)(C)O)O5)OC3=O)c(O)cc2O1. The molecule has 3 heterocycles. The standard InChI is InChI=1S/C27H26O7/c1-26(2)8-7-15-11-17(18(28)13-20(15)34-26)23-24(29)21(33-25(23)30)10-14-5-6-19-16(9-14)12-22(32-19)27(3,4)31/h5-11,13,22,28-29,31H,12H2,1-4H3/b21-10-. The lowest BCUT2D eigenvalue weighted by Crippen LogP contribution is -2.39. The Kier molecular flexibility index (Phi) is 4.81. The smallest absolute Gasteiger partial charge is 0.348 e. The van der Waals surface area contributed by atoms with E-state index in [1.54, 1.807) is 38.1 Å². The highest BCUT2D eigenvalue weighted by Gasteiger charge is 2.36. The molecule has 0 saturated carbocycles. The highest BCUT2D eigenvalue weighted by atomic mass is 16.6. The predicted molar refractivity (Wildman–Crippen MR) is 126 cm³/mol. The third-order valence-electron chi connectivity index (χ3n) is 6.16. The first kappa shape index (κ1) is 22.1. The van der Waals surface area contributed by atoms with Crippen LogP contribution in [0.5, 0.6) is 17.2 Å². The van der Waals surface area contributed by atoms with E-state index in [2.05, 4.69) is 0 Å². The molecular formula is C27H26O7. The molecule has 0 fully saturated rings. The van der Waals surface area contributed by atoms with Gasteiger partial charge in [0.1, 0.15) is 34.5 Å². The van der Waals surface area contributed by atoms with Crippen LogP contribution in [-0.4, -0.2) is 38.6 Å². The quantitative estimate of drug-likeness (QED) is 0.576. The maximum Gasteiger partial charge on any atom is 0.348 e. The van der Waals surface area contributed by atoms with Gasteiger partial charge in [-0.1, -0.05) is 12.1 Å². The van der Waals surface area contributed by atoms with Crippen LogP contribution in [0.2, 0.25) is 0 Å². The highest BCUT2D eigenvalue weighted by molar-refractivity contribution is 6.21. The summed E-state index contributed by atoms with van der Waals surface area (Å²) in [4.78, 5) is 12.7. The molecule has 0 amide bonds. The summed E-state index contributed by atoms with van der Waals surface area (Å²) in [5, 5.41) is 31.7. The summed E-state index contributed by atoms with van der Waals surface area (Å²) < 4.78 is 17.0. The topological polar surface area (TPSA) is 105 Å². The van der Waals surface area contributed by atoms with Crippen LogP contribution in [0, 0.1) is 0 Å². The fourth-order valence-corrected chi connectivity index (χ4v) is 4.27. The van der Waals surface area contributed by atoms with E-state index in [-0.39, 0.29) is 34.5 Å². The molecule has 0 radical (unpaired) electrons. The Morgan fingerprint density at radius 3 is 2.62 bits per heavy atom. The Labute approximate surface area is 197 Å². The molecule has 3 aliphatic rings. The van der Waals surface area contributed by atoms with E-state index in [0.717, 1.165) is 5.56 Å². The zero-order chi connectivity index (χ0) is 24.4. The van der Waals surface area contributed by atoms with Gasteiger partial charge in [0.05, 0.1) is 5.60 Å². The lowest BCUT2D eigenvalue weighted by atomic mass is 9.96. The molecule has 0 aliphatic carbocycles. The Bertz CT molecular complexity index is 1300. The first-order valence-corrected chi connectivity index (χ1v) is 11.1. The second-order valence-electron chi connectivity index (χ2n) is 9.90. The minimum Gasteiger partial charge on any atom is -0.507 e. The van der Waals surface area contributed by atoms with Crippen molar-refractivity contribution in [3.63, 3.8) is 0 Å². The molecule has 5 rings (SSSR count). The third-order valence-corrected chi connectivity index (χ3v) is 6.16. The molecule has 3 aliphatic heterocycles. The van der Waals surface area contributed by atoms with E-state index in [1.807, 2.05) is 32.1 Å².